The van der Waals surface area contributed by atoms with Gasteiger partial charge < -0.3 is 14.7 Å². The fraction of sp³-hybridized carbons (Fsp3) is 0.857. The molecule has 2 rings (SSSR count). The van der Waals surface area contributed by atoms with Gasteiger partial charge in [0.15, 0.2) is 6.04 Å². The van der Waals surface area contributed by atoms with E-state index in [0.717, 1.165) is 12.8 Å². The Morgan fingerprint density at radius 2 is 2.16 bits per heavy atom. The highest BCUT2D eigenvalue weighted by molar-refractivity contribution is 5.84. The number of hydrogen-bond donors (Lipinski definition) is 1. The largest absolute Gasteiger partial charge is 0.480 e. The maximum atomic E-state index is 12.3. The van der Waals surface area contributed by atoms with Gasteiger partial charge in [-0.05, 0) is 24.7 Å². The lowest BCUT2D eigenvalue weighted by molar-refractivity contribution is -0.158. The first-order valence-corrected chi connectivity index (χ1v) is 7.18. The Bertz CT molecular complexity index is 344. The standard InChI is InChI=1S/C14H23NO4/c1-10-3-2-4-11(7-10)8-13(16)15-5-6-19-9-12(15)14(17)18/h10-12H,2-9H2,1H3,(H,17,18)/t10-,11-,12+/m1/s1. The summed E-state index contributed by atoms with van der Waals surface area (Å²) in [5.74, 6) is 0.125. The van der Waals surface area contributed by atoms with E-state index in [1.807, 2.05) is 0 Å². The van der Waals surface area contributed by atoms with Crippen molar-refractivity contribution in [3.8, 4) is 0 Å². The van der Waals surface area contributed by atoms with Crippen molar-refractivity contribution in [2.45, 2.75) is 45.1 Å². The molecular formula is C14H23NO4. The predicted octanol–water partition coefficient (Wildman–Crippen LogP) is 1.51. The van der Waals surface area contributed by atoms with E-state index >= 15 is 0 Å². The molecule has 0 unspecified atom stereocenters. The zero-order chi connectivity index (χ0) is 13.8. The number of carbonyl (C=O) groups is 2. The molecule has 1 heterocycles. The summed E-state index contributed by atoms with van der Waals surface area (Å²) in [5, 5.41) is 9.13. The van der Waals surface area contributed by atoms with E-state index < -0.39 is 12.0 Å². The van der Waals surface area contributed by atoms with Gasteiger partial charge in [0.2, 0.25) is 5.91 Å². The topological polar surface area (TPSA) is 66.8 Å². The Labute approximate surface area is 113 Å². The molecule has 1 N–H and O–H groups in total. The van der Waals surface area contributed by atoms with Gasteiger partial charge in [-0.2, -0.15) is 0 Å². The van der Waals surface area contributed by atoms with E-state index in [2.05, 4.69) is 6.92 Å². The van der Waals surface area contributed by atoms with E-state index in [0.29, 0.717) is 31.4 Å². The number of morpholine rings is 1. The first-order chi connectivity index (χ1) is 9.08. The molecule has 0 aromatic carbocycles. The lowest BCUT2D eigenvalue weighted by Gasteiger charge is -2.35. The zero-order valence-electron chi connectivity index (χ0n) is 11.5. The van der Waals surface area contributed by atoms with Crippen molar-refractivity contribution < 1.29 is 19.4 Å². The van der Waals surface area contributed by atoms with Gasteiger partial charge in [-0.3, -0.25) is 4.79 Å². The van der Waals surface area contributed by atoms with Crippen LogP contribution in [0.3, 0.4) is 0 Å². The van der Waals surface area contributed by atoms with Crippen molar-refractivity contribution in [3.05, 3.63) is 0 Å². The minimum atomic E-state index is -0.968. The van der Waals surface area contributed by atoms with Crippen LogP contribution >= 0.6 is 0 Å². The van der Waals surface area contributed by atoms with Crippen LogP contribution in [0.2, 0.25) is 0 Å². The van der Waals surface area contributed by atoms with E-state index in [4.69, 9.17) is 9.84 Å². The molecule has 2 fully saturated rings. The van der Waals surface area contributed by atoms with E-state index in [1.165, 1.54) is 17.7 Å². The van der Waals surface area contributed by atoms with Gasteiger partial charge in [0.25, 0.3) is 0 Å². The van der Waals surface area contributed by atoms with Crippen molar-refractivity contribution in [3.63, 3.8) is 0 Å². The van der Waals surface area contributed by atoms with Crippen molar-refractivity contribution >= 4 is 11.9 Å². The van der Waals surface area contributed by atoms with Crippen LogP contribution in [-0.2, 0) is 14.3 Å². The Morgan fingerprint density at radius 1 is 1.37 bits per heavy atom. The summed E-state index contributed by atoms with van der Waals surface area (Å²) < 4.78 is 5.16. The van der Waals surface area contributed by atoms with Crippen LogP contribution in [0.1, 0.15) is 39.0 Å². The molecule has 5 heteroatoms. The van der Waals surface area contributed by atoms with Crippen molar-refractivity contribution in [2.24, 2.45) is 11.8 Å². The lowest BCUT2D eigenvalue weighted by atomic mass is 9.80. The summed E-state index contributed by atoms with van der Waals surface area (Å²) in [5.41, 5.74) is 0. The van der Waals surface area contributed by atoms with Gasteiger partial charge in [0.1, 0.15) is 0 Å². The minimum absolute atomic E-state index is 0.0187. The van der Waals surface area contributed by atoms with E-state index in [-0.39, 0.29) is 12.5 Å². The number of carbonyl (C=O) groups excluding carboxylic acids is 1. The third kappa shape index (κ3) is 3.69. The summed E-state index contributed by atoms with van der Waals surface area (Å²) >= 11 is 0. The van der Waals surface area contributed by atoms with Crippen LogP contribution in [0.25, 0.3) is 0 Å². The molecule has 1 saturated heterocycles. The molecule has 1 amide bonds. The minimum Gasteiger partial charge on any atom is -0.480 e. The molecule has 0 bridgehead atoms. The van der Waals surface area contributed by atoms with Crippen LogP contribution in [0, 0.1) is 11.8 Å². The molecule has 5 nitrogen and oxygen atoms in total. The maximum Gasteiger partial charge on any atom is 0.328 e. The molecule has 0 aromatic heterocycles. The number of carboxylic acids is 1. The number of carboxylic acid groups (broad SMARTS) is 1. The average Bonchev–Trinajstić information content (AvgIpc) is 2.38. The van der Waals surface area contributed by atoms with Crippen molar-refractivity contribution in [1.82, 2.24) is 4.90 Å². The molecule has 0 aromatic rings. The maximum absolute atomic E-state index is 12.3. The van der Waals surface area contributed by atoms with Crippen LogP contribution in [0.5, 0.6) is 0 Å². The monoisotopic (exact) mass is 269 g/mol. The quantitative estimate of drug-likeness (QED) is 0.843. The fourth-order valence-corrected chi connectivity index (χ4v) is 3.22. The van der Waals surface area contributed by atoms with Crippen LogP contribution < -0.4 is 0 Å². The van der Waals surface area contributed by atoms with Gasteiger partial charge in [-0.1, -0.05) is 19.8 Å². The molecule has 2 aliphatic rings. The second-order valence-corrected chi connectivity index (χ2v) is 5.86. The molecule has 19 heavy (non-hydrogen) atoms. The van der Waals surface area contributed by atoms with Gasteiger partial charge >= 0.3 is 5.97 Å². The molecule has 1 saturated carbocycles. The second-order valence-electron chi connectivity index (χ2n) is 5.86. The number of aliphatic carboxylic acids is 1. The predicted molar refractivity (Wildman–Crippen MR) is 69.7 cm³/mol. The Morgan fingerprint density at radius 3 is 2.84 bits per heavy atom. The molecule has 108 valence electrons. The van der Waals surface area contributed by atoms with E-state index in [9.17, 15) is 9.59 Å². The lowest BCUT2D eigenvalue weighted by Crippen LogP contribution is -2.53. The third-order valence-corrected chi connectivity index (χ3v) is 4.24. The smallest absolute Gasteiger partial charge is 0.328 e. The Hall–Kier alpha value is -1.10. The Balaban J connectivity index is 1.92. The molecule has 0 radical (unpaired) electrons. The number of nitrogens with zero attached hydrogens (tertiary/aromatic N) is 1. The second kappa shape index (κ2) is 6.37. The summed E-state index contributed by atoms with van der Waals surface area (Å²) in [4.78, 5) is 24.9. The van der Waals surface area contributed by atoms with Gasteiger partial charge in [-0.25, -0.2) is 4.79 Å². The molecule has 1 aliphatic heterocycles. The Kier molecular flexibility index (Phi) is 4.80. The number of rotatable bonds is 3. The van der Waals surface area contributed by atoms with Gasteiger partial charge in [0, 0.05) is 13.0 Å². The summed E-state index contributed by atoms with van der Waals surface area (Å²) in [6.07, 6.45) is 5.12. The highest BCUT2D eigenvalue weighted by Gasteiger charge is 2.34. The number of amides is 1. The first kappa shape index (κ1) is 14.3. The van der Waals surface area contributed by atoms with Gasteiger partial charge in [0.05, 0.1) is 13.2 Å². The summed E-state index contributed by atoms with van der Waals surface area (Å²) in [6.45, 7) is 3.18. The fourth-order valence-electron chi connectivity index (χ4n) is 3.22. The molecule has 1 aliphatic carbocycles. The third-order valence-electron chi connectivity index (χ3n) is 4.24. The van der Waals surface area contributed by atoms with Crippen LogP contribution in [0.4, 0.5) is 0 Å². The summed E-state index contributed by atoms with van der Waals surface area (Å²) in [7, 11) is 0. The highest BCUT2D eigenvalue weighted by Crippen LogP contribution is 2.31. The van der Waals surface area contributed by atoms with Crippen molar-refractivity contribution in [1.29, 1.82) is 0 Å². The summed E-state index contributed by atoms with van der Waals surface area (Å²) in [6, 6.07) is -0.803. The number of ether oxygens (including phenoxy) is 1. The SMILES string of the molecule is C[C@@H]1CCC[C@@H](CC(=O)N2CCOC[C@H]2C(=O)O)C1. The van der Waals surface area contributed by atoms with Gasteiger partial charge in [-0.15, -0.1) is 0 Å². The normalized spacial score (nSPS) is 32.1. The zero-order valence-corrected chi connectivity index (χ0v) is 11.5. The van der Waals surface area contributed by atoms with Crippen LogP contribution in [-0.4, -0.2) is 47.7 Å². The number of hydrogen-bond acceptors (Lipinski definition) is 3. The van der Waals surface area contributed by atoms with Crippen LogP contribution in [0.15, 0.2) is 0 Å². The molecular weight excluding hydrogens is 246 g/mol. The van der Waals surface area contributed by atoms with E-state index in [1.54, 1.807) is 0 Å². The van der Waals surface area contributed by atoms with Crippen molar-refractivity contribution in [2.75, 3.05) is 19.8 Å². The molecule has 3 atom stereocenters. The molecule has 0 spiro atoms. The first-order valence-electron chi connectivity index (χ1n) is 7.18. The highest BCUT2D eigenvalue weighted by atomic mass is 16.5. The average molecular weight is 269 g/mol.